The van der Waals surface area contributed by atoms with Crippen molar-refractivity contribution >= 4 is 22.4 Å². The number of carbonyl (C=O) groups excluding carboxylic acids is 1. The molecule has 2 heterocycles. The number of anilines is 1. The summed E-state index contributed by atoms with van der Waals surface area (Å²) in [6.45, 7) is 3.18. The highest BCUT2D eigenvalue weighted by molar-refractivity contribution is 7.13. The third kappa shape index (κ3) is 3.52. The van der Waals surface area contributed by atoms with E-state index in [4.69, 9.17) is 4.74 Å². The molecule has 0 saturated carbocycles. The van der Waals surface area contributed by atoms with Crippen LogP contribution in [0.3, 0.4) is 0 Å². The molecule has 0 bridgehead atoms. The maximum Gasteiger partial charge on any atom is 0.260 e. The van der Waals surface area contributed by atoms with Crippen molar-refractivity contribution in [2.24, 2.45) is 0 Å². The highest BCUT2D eigenvalue weighted by Crippen LogP contribution is 2.19. The topological polar surface area (TPSA) is 45.7 Å². The van der Waals surface area contributed by atoms with Gasteiger partial charge in [-0.2, -0.15) is 0 Å². The molecule has 0 radical (unpaired) electrons. The van der Waals surface area contributed by atoms with E-state index in [0.29, 0.717) is 0 Å². The minimum absolute atomic E-state index is 0.0395. The first kappa shape index (κ1) is 13.9. The second kappa shape index (κ2) is 6.58. The van der Waals surface area contributed by atoms with Crippen LogP contribution in [-0.2, 0) is 4.79 Å². The van der Waals surface area contributed by atoms with Gasteiger partial charge in [0, 0.05) is 37.8 Å². The van der Waals surface area contributed by atoms with Gasteiger partial charge in [-0.25, -0.2) is 4.98 Å². The monoisotopic (exact) mass is 303 g/mol. The number of hydrogen-bond acceptors (Lipinski definition) is 5. The molecule has 21 heavy (non-hydrogen) atoms. The van der Waals surface area contributed by atoms with E-state index in [1.807, 2.05) is 46.8 Å². The number of amides is 1. The highest BCUT2D eigenvalue weighted by atomic mass is 32.1. The number of piperazine rings is 1. The van der Waals surface area contributed by atoms with Crippen LogP contribution in [0.25, 0.3) is 0 Å². The molecule has 0 spiro atoms. The fraction of sp³-hybridized carbons (Fsp3) is 0.333. The van der Waals surface area contributed by atoms with E-state index in [-0.39, 0.29) is 12.5 Å². The molecule has 1 aromatic heterocycles. The summed E-state index contributed by atoms with van der Waals surface area (Å²) in [5, 5.41) is 3.00. The molecule has 1 amide bonds. The van der Waals surface area contributed by atoms with Gasteiger partial charge in [0.25, 0.3) is 5.91 Å². The van der Waals surface area contributed by atoms with Crippen molar-refractivity contribution in [1.82, 2.24) is 9.88 Å². The number of hydrogen-bond donors (Lipinski definition) is 0. The predicted molar refractivity (Wildman–Crippen MR) is 82.8 cm³/mol. The molecule has 0 aliphatic carbocycles. The average Bonchev–Trinajstić information content (AvgIpc) is 3.08. The van der Waals surface area contributed by atoms with E-state index >= 15 is 0 Å². The summed E-state index contributed by atoms with van der Waals surface area (Å²) < 4.78 is 5.50. The molecule has 0 N–H and O–H groups in total. The van der Waals surface area contributed by atoms with Crippen molar-refractivity contribution in [2.45, 2.75) is 0 Å². The van der Waals surface area contributed by atoms with E-state index in [0.717, 1.165) is 37.1 Å². The third-order valence-corrected chi connectivity index (χ3v) is 4.26. The lowest BCUT2D eigenvalue weighted by Gasteiger charge is -2.34. The Bertz CT molecular complexity index is 566. The third-order valence-electron chi connectivity index (χ3n) is 3.43. The van der Waals surface area contributed by atoms with Crippen LogP contribution in [0, 0.1) is 0 Å². The van der Waals surface area contributed by atoms with Crippen molar-refractivity contribution in [2.75, 3.05) is 37.7 Å². The fourth-order valence-corrected chi connectivity index (χ4v) is 2.97. The lowest BCUT2D eigenvalue weighted by atomic mass is 10.3. The molecule has 1 aliphatic rings. The van der Waals surface area contributed by atoms with Gasteiger partial charge in [-0.05, 0) is 12.1 Å². The van der Waals surface area contributed by atoms with Crippen LogP contribution in [-0.4, -0.2) is 48.6 Å². The van der Waals surface area contributed by atoms with Crippen LogP contribution in [0.4, 0.5) is 5.13 Å². The Balaban J connectivity index is 1.47. The number of ether oxygens (including phenoxy) is 1. The molecule has 110 valence electrons. The SMILES string of the molecule is O=C(COc1ccccc1)N1CCN(c2nccs2)CC1. The van der Waals surface area contributed by atoms with Gasteiger partial charge >= 0.3 is 0 Å². The van der Waals surface area contributed by atoms with Gasteiger partial charge in [-0.1, -0.05) is 18.2 Å². The fourth-order valence-electron chi connectivity index (χ4n) is 2.27. The summed E-state index contributed by atoms with van der Waals surface area (Å²) >= 11 is 1.63. The van der Waals surface area contributed by atoms with E-state index in [1.165, 1.54) is 0 Å². The predicted octanol–water partition coefficient (Wildman–Crippen LogP) is 1.87. The Morgan fingerprint density at radius 3 is 2.62 bits per heavy atom. The van der Waals surface area contributed by atoms with E-state index in [1.54, 1.807) is 11.3 Å². The minimum Gasteiger partial charge on any atom is -0.484 e. The lowest BCUT2D eigenvalue weighted by molar-refractivity contribution is -0.133. The van der Waals surface area contributed by atoms with Crippen molar-refractivity contribution in [1.29, 1.82) is 0 Å². The Labute approximate surface area is 127 Å². The van der Waals surface area contributed by atoms with Gasteiger partial charge in [-0.3, -0.25) is 4.79 Å². The number of benzene rings is 1. The zero-order valence-corrected chi connectivity index (χ0v) is 12.5. The summed E-state index contributed by atoms with van der Waals surface area (Å²) in [5.74, 6) is 0.768. The van der Waals surface area contributed by atoms with Crippen LogP contribution in [0.5, 0.6) is 5.75 Å². The van der Waals surface area contributed by atoms with Crippen molar-refractivity contribution in [3.63, 3.8) is 0 Å². The molecule has 0 unspecified atom stereocenters. The van der Waals surface area contributed by atoms with Gasteiger partial charge in [0.1, 0.15) is 5.75 Å². The number of thiazole rings is 1. The molecule has 3 rings (SSSR count). The molecular formula is C15H17N3O2S. The highest BCUT2D eigenvalue weighted by Gasteiger charge is 2.22. The second-order valence-electron chi connectivity index (χ2n) is 4.78. The number of aromatic nitrogens is 1. The summed E-state index contributed by atoms with van der Waals surface area (Å²) in [4.78, 5) is 20.5. The molecule has 6 heteroatoms. The van der Waals surface area contributed by atoms with Crippen molar-refractivity contribution in [3.05, 3.63) is 41.9 Å². The summed E-state index contributed by atoms with van der Waals surface area (Å²) in [7, 11) is 0. The first-order valence-electron chi connectivity index (χ1n) is 6.93. The summed E-state index contributed by atoms with van der Waals surface area (Å²) in [6, 6.07) is 9.42. The molecule has 0 atom stereocenters. The molecule has 1 aliphatic heterocycles. The normalized spacial score (nSPS) is 15.0. The molecule has 1 aromatic carbocycles. The number of nitrogens with zero attached hydrogens (tertiary/aromatic N) is 3. The smallest absolute Gasteiger partial charge is 0.260 e. The number of carbonyl (C=O) groups is 1. The van der Waals surface area contributed by atoms with Crippen LogP contribution in [0.1, 0.15) is 0 Å². The zero-order valence-electron chi connectivity index (χ0n) is 11.6. The van der Waals surface area contributed by atoms with Gasteiger partial charge in [0.05, 0.1) is 0 Å². The van der Waals surface area contributed by atoms with Gasteiger partial charge < -0.3 is 14.5 Å². The first-order valence-corrected chi connectivity index (χ1v) is 7.81. The minimum atomic E-state index is 0.0395. The van der Waals surface area contributed by atoms with E-state index in [9.17, 15) is 4.79 Å². The van der Waals surface area contributed by atoms with E-state index < -0.39 is 0 Å². The molecule has 5 nitrogen and oxygen atoms in total. The molecule has 1 saturated heterocycles. The van der Waals surface area contributed by atoms with Crippen molar-refractivity contribution in [3.8, 4) is 5.75 Å². The Morgan fingerprint density at radius 1 is 1.19 bits per heavy atom. The largest absolute Gasteiger partial charge is 0.484 e. The zero-order chi connectivity index (χ0) is 14.5. The van der Waals surface area contributed by atoms with Gasteiger partial charge in [0.2, 0.25) is 0 Å². The maximum atomic E-state index is 12.1. The van der Waals surface area contributed by atoms with Gasteiger partial charge in [-0.15, -0.1) is 11.3 Å². The van der Waals surface area contributed by atoms with E-state index in [2.05, 4.69) is 9.88 Å². The number of rotatable bonds is 4. The lowest BCUT2D eigenvalue weighted by Crippen LogP contribution is -2.50. The summed E-state index contributed by atoms with van der Waals surface area (Å²) in [6.07, 6.45) is 1.81. The van der Waals surface area contributed by atoms with Gasteiger partial charge in [0.15, 0.2) is 11.7 Å². The first-order chi connectivity index (χ1) is 10.3. The standard InChI is InChI=1S/C15H17N3O2S/c19-14(12-20-13-4-2-1-3-5-13)17-7-9-18(10-8-17)15-16-6-11-21-15/h1-6,11H,7-10,12H2. The van der Waals surface area contributed by atoms with Crippen LogP contribution >= 0.6 is 11.3 Å². The maximum absolute atomic E-state index is 12.1. The number of para-hydroxylation sites is 1. The quantitative estimate of drug-likeness (QED) is 0.865. The molecule has 2 aromatic rings. The molecular weight excluding hydrogens is 286 g/mol. The Hall–Kier alpha value is -2.08. The van der Waals surface area contributed by atoms with Crippen LogP contribution in [0.15, 0.2) is 41.9 Å². The summed E-state index contributed by atoms with van der Waals surface area (Å²) in [5.41, 5.74) is 0. The molecule has 1 fully saturated rings. The Kier molecular flexibility index (Phi) is 4.35. The van der Waals surface area contributed by atoms with Crippen LogP contribution in [0.2, 0.25) is 0 Å². The average molecular weight is 303 g/mol. The Morgan fingerprint density at radius 2 is 1.95 bits per heavy atom. The van der Waals surface area contributed by atoms with Crippen LogP contribution < -0.4 is 9.64 Å². The second-order valence-corrected chi connectivity index (χ2v) is 5.66. The van der Waals surface area contributed by atoms with Crippen molar-refractivity contribution < 1.29 is 9.53 Å².